The Balaban J connectivity index is 2.76. The molecule has 1 aromatic heterocycles. The van der Waals surface area contributed by atoms with E-state index in [0.29, 0.717) is 23.7 Å². The third kappa shape index (κ3) is 4.32. The number of halogens is 1. The van der Waals surface area contributed by atoms with E-state index in [0.717, 1.165) is 12.8 Å². The number of hydrogen-bond acceptors (Lipinski definition) is 3. The maximum atomic E-state index is 12.3. The second-order valence-corrected chi connectivity index (χ2v) is 6.41. The summed E-state index contributed by atoms with van der Waals surface area (Å²) in [4.78, 5) is 12.3. The molecule has 0 unspecified atom stereocenters. The lowest BCUT2D eigenvalue weighted by Crippen LogP contribution is -2.20. The van der Waals surface area contributed by atoms with Gasteiger partial charge in [0.25, 0.3) is 0 Å². The number of nitrogens with two attached hydrogens (primary N) is 1. The first kappa shape index (κ1) is 16.2. The zero-order chi connectivity index (χ0) is 14.6. The van der Waals surface area contributed by atoms with Crippen LogP contribution in [-0.2, 0) is 0 Å². The van der Waals surface area contributed by atoms with Crippen LogP contribution in [0.1, 0.15) is 63.5 Å². The van der Waals surface area contributed by atoms with E-state index in [9.17, 15) is 4.79 Å². The van der Waals surface area contributed by atoms with Crippen LogP contribution in [0, 0.1) is 5.41 Å². The lowest BCUT2D eigenvalue weighted by molar-refractivity contribution is 0.0949. The van der Waals surface area contributed by atoms with Gasteiger partial charge in [-0.15, -0.1) is 0 Å². The molecule has 1 rings (SSSR count). The molecule has 0 aromatic carbocycles. The lowest BCUT2D eigenvalue weighted by Gasteiger charge is -2.23. The van der Waals surface area contributed by atoms with Crippen molar-refractivity contribution in [3.8, 4) is 0 Å². The van der Waals surface area contributed by atoms with Gasteiger partial charge < -0.3 is 5.73 Å². The van der Waals surface area contributed by atoms with Crippen LogP contribution in [0.15, 0.2) is 6.20 Å². The van der Waals surface area contributed by atoms with Crippen LogP contribution in [-0.4, -0.2) is 22.1 Å². The van der Waals surface area contributed by atoms with Gasteiger partial charge in [0.2, 0.25) is 0 Å². The summed E-state index contributed by atoms with van der Waals surface area (Å²) in [6.45, 7) is 8.88. The number of aromatic nitrogens is 2. The average molecular weight is 286 g/mol. The molecule has 0 aliphatic carbocycles. The summed E-state index contributed by atoms with van der Waals surface area (Å²) >= 11 is 6.07. The maximum Gasteiger partial charge on any atom is 0.182 e. The lowest BCUT2D eigenvalue weighted by atomic mass is 9.83. The molecule has 0 fully saturated rings. The quantitative estimate of drug-likeness (QED) is 0.781. The minimum atomic E-state index is 0.0568. The van der Waals surface area contributed by atoms with Crippen molar-refractivity contribution in [1.29, 1.82) is 0 Å². The summed E-state index contributed by atoms with van der Waals surface area (Å²) in [5, 5.41) is 4.60. The number of rotatable bonds is 7. The van der Waals surface area contributed by atoms with E-state index >= 15 is 0 Å². The van der Waals surface area contributed by atoms with E-state index in [1.807, 2.05) is 13.8 Å². The monoisotopic (exact) mass is 285 g/mol. The molecule has 0 amide bonds. The van der Waals surface area contributed by atoms with E-state index in [1.165, 1.54) is 0 Å². The Morgan fingerprint density at radius 3 is 2.63 bits per heavy atom. The molecule has 2 N–H and O–H groups in total. The highest BCUT2D eigenvalue weighted by Crippen LogP contribution is 2.28. The summed E-state index contributed by atoms with van der Waals surface area (Å²) < 4.78 is 1.70. The van der Waals surface area contributed by atoms with Gasteiger partial charge in [0, 0.05) is 12.5 Å². The Hall–Kier alpha value is -0.870. The SMILES string of the molecule is CC(C)n1ncc(Cl)c1C(=O)CCC(C)(C)CCN. The zero-order valence-electron chi connectivity index (χ0n) is 12.2. The molecule has 0 spiro atoms. The van der Waals surface area contributed by atoms with Gasteiger partial charge in [-0.25, -0.2) is 0 Å². The van der Waals surface area contributed by atoms with Crippen molar-refractivity contribution in [2.45, 2.75) is 53.0 Å². The Morgan fingerprint density at radius 1 is 1.47 bits per heavy atom. The first-order chi connectivity index (χ1) is 8.78. The fourth-order valence-electron chi connectivity index (χ4n) is 2.08. The van der Waals surface area contributed by atoms with Crippen LogP contribution in [0.25, 0.3) is 0 Å². The van der Waals surface area contributed by atoms with Gasteiger partial charge in [-0.05, 0) is 38.6 Å². The number of ketones is 1. The van der Waals surface area contributed by atoms with Crippen LogP contribution in [0.2, 0.25) is 5.02 Å². The number of hydrogen-bond donors (Lipinski definition) is 1. The fraction of sp³-hybridized carbons (Fsp3) is 0.714. The fourth-order valence-corrected chi connectivity index (χ4v) is 2.32. The molecule has 1 heterocycles. The Morgan fingerprint density at radius 2 is 2.11 bits per heavy atom. The van der Waals surface area contributed by atoms with Crippen molar-refractivity contribution < 1.29 is 4.79 Å². The second kappa shape index (κ2) is 6.53. The molecular formula is C14H24ClN3O. The summed E-state index contributed by atoms with van der Waals surface area (Å²) in [5.74, 6) is 0.0568. The van der Waals surface area contributed by atoms with Crippen molar-refractivity contribution in [2.24, 2.45) is 11.1 Å². The predicted octanol–water partition coefficient (Wildman–Crippen LogP) is 3.46. The van der Waals surface area contributed by atoms with Crippen LogP contribution in [0.5, 0.6) is 0 Å². The summed E-state index contributed by atoms with van der Waals surface area (Å²) in [6, 6.07) is 0.128. The van der Waals surface area contributed by atoms with Crippen molar-refractivity contribution in [3.05, 3.63) is 16.9 Å². The highest BCUT2D eigenvalue weighted by atomic mass is 35.5. The third-order valence-electron chi connectivity index (χ3n) is 3.35. The van der Waals surface area contributed by atoms with Crippen molar-refractivity contribution >= 4 is 17.4 Å². The average Bonchev–Trinajstić information content (AvgIpc) is 2.68. The highest BCUT2D eigenvalue weighted by Gasteiger charge is 2.23. The molecule has 0 aliphatic rings. The van der Waals surface area contributed by atoms with Gasteiger partial charge in [0.15, 0.2) is 5.78 Å². The predicted molar refractivity (Wildman–Crippen MR) is 78.6 cm³/mol. The molecule has 0 saturated heterocycles. The zero-order valence-corrected chi connectivity index (χ0v) is 13.0. The molecule has 0 saturated carbocycles. The van der Waals surface area contributed by atoms with Gasteiger partial charge in [-0.3, -0.25) is 9.48 Å². The first-order valence-electron chi connectivity index (χ1n) is 6.75. The second-order valence-electron chi connectivity index (χ2n) is 6.01. The highest BCUT2D eigenvalue weighted by molar-refractivity contribution is 6.33. The Bertz CT molecular complexity index is 438. The van der Waals surface area contributed by atoms with E-state index in [4.69, 9.17) is 17.3 Å². The van der Waals surface area contributed by atoms with E-state index in [2.05, 4.69) is 18.9 Å². The number of carbonyl (C=O) groups is 1. The van der Waals surface area contributed by atoms with Crippen LogP contribution < -0.4 is 5.73 Å². The van der Waals surface area contributed by atoms with Crippen LogP contribution >= 0.6 is 11.6 Å². The van der Waals surface area contributed by atoms with Crippen molar-refractivity contribution in [1.82, 2.24) is 9.78 Å². The molecule has 0 aliphatic heterocycles. The standard InChI is InChI=1S/C14H24ClN3O/c1-10(2)18-13(11(15)9-17-18)12(19)5-6-14(3,4)7-8-16/h9-10H,5-8,16H2,1-4H3. The third-order valence-corrected chi connectivity index (χ3v) is 3.63. The van der Waals surface area contributed by atoms with Gasteiger partial charge in [0.05, 0.1) is 11.2 Å². The van der Waals surface area contributed by atoms with Crippen molar-refractivity contribution in [2.75, 3.05) is 6.54 Å². The Labute approximate surface area is 120 Å². The van der Waals surface area contributed by atoms with E-state index in [1.54, 1.807) is 10.9 Å². The maximum absolute atomic E-state index is 12.3. The molecule has 5 heteroatoms. The summed E-state index contributed by atoms with van der Waals surface area (Å²) in [6.07, 6.45) is 3.74. The van der Waals surface area contributed by atoms with E-state index < -0.39 is 0 Å². The van der Waals surface area contributed by atoms with E-state index in [-0.39, 0.29) is 17.2 Å². The molecule has 1 aromatic rings. The minimum Gasteiger partial charge on any atom is -0.330 e. The minimum absolute atomic E-state index is 0.0568. The largest absolute Gasteiger partial charge is 0.330 e. The molecule has 0 atom stereocenters. The van der Waals surface area contributed by atoms with Gasteiger partial charge in [0.1, 0.15) is 5.69 Å². The summed E-state index contributed by atoms with van der Waals surface area (Å²) in [7, 11) is 0. The first-order valence-corrected chi connectivity index (χ1v) is 7.12. The topological polar surface area (TPSA) is 60.9 Å². The number of carbonyl (C=O) groups excluding carboxylic acids is 1. The molecular weight excluding hydrogens is 262 g/mol. The van der Waals surface area contributed by atoms with Crippen LogP contribution in [0.4, 0.5) is 0 Å². The molecule has 0 radical (unpaired) electrons. The smallest absolute Gasteiger partial charge is 0.182 e. The molecule has 19 heavy (non-hydrogen) atoms. The number of Topliss-reactive ketones (excluding diaryl/α,β-unsaturated/α-hetero) is 1. The molecule has 4 nitrogen and oxygen atoms in total. The van der Waals surface area contributed by atoms with Gasteiger partial charge >= 0.3 is 0 Å². The van der Waals surface area contributed by atoms with Gasteiger partial charge in [-0.2, -0.15) is 5.10 Å². The Kier molecular flexibility index (Phi) is 5.56. The van der Waals surface area contributed by atoms with Crippen LogP contribution in [0.3, 0.4) is 0 Å². The van der Waals surface area contributed by atoms with Gasteiger partial charge in [-0.1, -0.05) is 25.4 Å². The normalized spacial score (nSPS) is 12.2. The summed E-state index contributed by atoms with van der Waals surface area (Å²) in [5.41, 5.74) is 6.19. The molecule has 108 valence electrons. The number of nitrogens with zero attached hydrogens (tertiary/aromatic N) is 2. The molecule has 0 bridgehead atoms. The van der Waals surface area contributed by atoms with Crippen molar-refractivity contribution in [3.63, 3.8) is 0 Å².